The molecule has 100 valence electrons. The molecular formula is C12H12F4O2. The van der Waals surface area contributed by atoms with Crippen molar-refractivity contribution in [2.75, 3.05) is 13.2 Å². The average molecular weight is 264 g/mol. The van der Waals surface area contributed by atoms with Crippen LogP contribution < -0.4 is 0 Å². The van der Waals surface area contributed by atoms with E-state index in [1.165, 1.54) is 0 Å². The van der Waals surface area contributed by atoms with Crippen LogP contribution in [0.15, 0.2) is 12.2 Å². The topological polar surface area (TPSA) is 18.5 Å². The van der Waals surface area contributed by atoms with Crippen molar-refractivity contribution in [3.63, 3.8) is 0 Å². The molecule has 3 fully saturated rings. The molecule has 1 saturated carbocycles. The zero-order valence-corrected chi connectivity index (χ0v) is 9.36. The van der Waals surface area contributed by atoms with Crippen LogP contribution in [-0.2, 0) is 9.47 Å². The highest BCUT2D eigenvalue weighted by Gasteiger charge is 2.75. The molecule has 2 bridgehead atoms. The fourth-order valence-electron chi connectivity index (χ4n) is 4.36. The van der Waals surface area contributed by atoms with Gasteiger partial charge >= 0.3 is 12.2 Å². The summed E-state index contributed by atoms with van der Waals surface area (Å²) in [6, 6.07) is 0. The summed E-state index contributed by atoms with van der Waals surface area (Å²) in [5.74, 6) is -4.07. The minimum Gasteiger partial charge on any atom is -0.381 e. The molecular weight excluding hydrogens is 252 g/mol. The number of hydrogen-bond donors (Lipinski definition) is 0. The summed E-state index contributed by atoms with van der Waals surface area (Å²) in [7, 11) is 0. The second-order valence-corrected chi connectivity index (χ2v) is 5.68. The smallest absolute Gasteiger partial charge is 0.364 e. The lowest BCUT2D eigenvalue weighted by molar-refractivity contribution is -0.343. The fraction of sp³-hybridized carbons (Fsp3) is 0.833. The van der Waals surface area contributed by atoms with E-state index in [1.807, 2.05) is 0 Å². The van der Waals surface area contributed by atoms with Gasteiger partial charge in [-0.15, -0.1) is 0 Å². The Morgan fingerprint density at radius 1 is 0.833 bits per heavy atom. The lowest BCUT2D eigenvalue weighted by Crippen LogP contribution is -2.52. The van der Waals surface area contributed by atoms with Gasteiger partial charge in [-0.25, -0.2) is 0 Å². The van der Waals surface area contributed by atoms with Crippen molar-refractivity contribution in [3.05, 3.63) is 12.2 Å². The van der Waals surface area contributed by atoms with Gasteiger partial charge in [-0.1, -0.05) is 12.2 Å². The zero-order chi connectivity index (χ0) is 12.7. The molecule has 0 aromatic carbocycles. The molecule has 0 aromatic rings. The van der Waals surface area contributed by atoms with E-state index in [1.54, 1.807) is 12.2 Å². The van der Waals surface area contributed by atoms with E-state index in [0.29, 0.717) is 13.2 Å². The first-order valence-corrected chi connectivity index (χ1v) is 6.14. The van der Waals surface area contributed by atoms with Crippen LogP contribution in [0.5, 0.6) is 0 Å². The lowest BCUT2D eigenvalue weighted by atomic mass is 9.54. The maximum Gasteiger partial charge on any atom is 0.364 e. The molecule has 2 nitrogen and oxygen atoms in total. The molecule has 0 aromatic heterocycles. The van der Waals surface area contributed by atoms with Crippen LogP contribution in [0.2, 0.25) is 0 Å². The van der Waals surface area contributed by atoms with Gasteiger partial charge < -0.3 is 4.74 Å². The summed E-state index contributed by atoms with van der Waals surface area (Å²) in [6.07, 6.45) is -4.15. The van der Waals surface area contributed by atoms with Gasteiger partial charge in [-0.05, 0) is 23.7 Å². The third-order valence-electron chi connectivity index (χ3n) is 4.98. The molecule has 5 aliphatic rings. The standard InChI is InChI=1S/C12H12F4O2/c13-11(14)9-5-1-2-6(8-4-17-3-7(5)8)10(9)12(15,16)18-11/h1-2,5-10H,3-4H2/t5-,6+,7?,8?,9?,10?. The average Bonchev–Trinajstić information content (AvgIpc) is 2.82. The first-order valence-electron chi connectivity index (χ1n) is 6.14. The summed E-state index contributed by atoms with van der Waals surface area (Å²) in [4.78, 5) is 0. The van der Waals surface area contributed by atoms with Crippen molar-refractivity contribution < 1.29 is 27.0 Å². The van der Waals surface area contributed by atoms with Gasteiger partial charge in [0.25, 0.3) is 0 Å². The molecule has 0 amide bonds. The van der Waals surface area contributed by atoms with E-state index < -0.39 is 35.9 Å². The normalized spacial score (nSPS) is 54.4. The molecule has 18 heavy (non-hydrogen) atoms. The van der Waals surface area contributed by atoms with Gasteiger partial charge in [0.05, 0.1) is 25.0 Å². The summed E-state index contributed by atoms with van der Waals surface area (Å²) >= 11 is 0. The molecule has 6 atom stereocenters. The highest BCUT2D eigenvalue weighted by atomic mass is 19.3. The van der Waals surface area contributed by atoms with Gasteiger partial charge in [0.1, 0.15) is 0 Å². The van der Waals surface area contributed by atoms with Crippen molar-refractivity contribution in [2.45, 2.75) is 12.2 Å². The van der Waals surface area contributed by atoms with Gasteiger partial charge in [0.2, 0.25) is 0 Å². The molecule has 2 aliphatic heterocycles. The molecule has 6 heteroatoms. The summed E-state index contributed by atoms with van der Waals surface area (Å²) in [6.45, 7) is 0.780. The maximum atomic E-state index is 13.7. The number of allylic oxidation sites excluding steroid dienone is 2. The minimum atomic E-state index is -3.74. The van der Waals surface area contributed by atoms with Gasteiger partial charge in [0.15, 0.2) is 0 Å². The molecule has 4 unspecified atom stereocenters. The minimum absolute atomic E-state index is 0.0652. The maximum absolute atomic E-state index is 13.7. The number of halogens is 4. The van der Waals surface area contributed by atoms with E-state index in [2.05, 4.69) is 4.74 Å². The SMILES string of the molecule is FC1(F)OC(F)(F)C2C1[C@@H]1C=C[C@H]2C2COCC21. The fourth-order valence-corrected chi connectivity index (χ4v) is 4.36. The summed E-state index contributed by atoms with van der Waals surface area (Å²) in [5, 5.41) is 0. The van der Waals surface area contributed by atoms with E-state index >= 15 is 0 Å². The van der Waals surface area contributed by atoms with E-state index in [4.69, 9.17) is 4.74 Å². The molecule has 2 heterocycles. The van der Waals surface area contributed by atoms with Crippen LogP contribution >= 0.6 is 0 Å². The van der Waals surface area contributed by atoms with Crippen molar-refractivity contribution in [1.82, 2.24) is 0 Å². The molecule has 0 spiro atoms. The van der Waals surface area contributed by atoms with Gasteiger partial charge in [-0.2, -0.15) is 17.6 Å². The molecule has 3 aliphatic carbocycles. The second-order valence-electron chi connectivity index (χ2n) is 5.68. The Morgan fingerprint density at radius 2 is 1.28 bits per heavy atom. The third kappa shape index (κ3) is 1.16. The van der Waals surface area contributed by atoms with Crippen molar-refractivity contribution in [2.24, 2.45) is 35.5 Å². The quantitative estimate of drug-likeness (QED) is 0.494. The Labute approximate surface area is 101 Å². The molecule has 0 N–H and O–H groups in total. The molecule has 5 rings (SSSR count). The lowest BCUT2D eigenvalue weighted by Gasteiger charge is -2.48. The van der Waals surface area contributed by atoms with Crippen LogP contribution in [0.4, 0.5) is 17.6 Å². The number of rotatable bonds is 0. The van der Waals surface area contributed by atoms with E-state index in [-0.39, 0.29) is 11.8 Å². The summed E-state index contributed by atoms with van der Waals surface area (Å²) in [5.41, 5.74) is 0. The predicted octanol–water partition coefficient (Wildman–Crippen LogP) is 2.51. The first-order chi connectivity index (χ1) is 8.42. The predicted molar refractivity (Wildman–Crippen MR) is 51.9 cm³/mol. The first kappa shape index (κ1) is 11.2. The number of alkyl halides is 4. The Kier molecular flexibility index (Phi) is 1.93. The third-order valence-corrected chi connectivity index (χ3v) is 4.98. The van der Waals surface area contributed by atoms with Crippen molar-refractivity contribution >= 4 is 0 Å². The van der Waals surface area contributed by atoms with Crippen LogP contribution in [-0.4, -0.2) is 25.4 Å². The molecule has 2 saturated heterocycles. The molecule has 0 radical (unpaired) electrons. The van der Waals surface area contributed by atoms with Gasteiger partial charge in [0, 0.05) is 0 Å². The van der Waals surface area contributed by atoms with Crippen LogP contribution in [0.25, 0.3) is 0 Å². The van der Waals surface area contributed by atoms with Crippen LogP contribution in [0.1, 0.15) is 0 Å². The van der Waals surface area contributed by atoms with Gasteiger partial charge in [-0.3, -0.25) is 4.74 Å². The summed E-state index contributed by atoms with van der Waals surface area (Å²) < 4.78 is 63.9. The monoisotopic (exact) mass is 264 g/mol. The Hall–Kier alpha value is -0.620. The zero-order valence-electron chi connectivity index (χ0n) is 9.36. The Balaban J connectivity index is 1.83. The van der Waals surface area contributed by atoms with Crippen LogP contribution in [0.3, 0.4) is 0 Å². The number of hydrogen-bond acceptors (Lipinski definition) is 2. The second kappa shape index (κ2) is 3.10. The van der Waals surface area contributed by atoms with Crippen molar-refractivity contribution in [1.29, 1.82) is 0 Å². The van der Waals surface area contributed by atoms with E-state index in [0.717, 1.165) is 0 Å². The Morgan fingerprint density at radius 3 is 1.72 bits per heavy atom. The largest absolute Gasteiger partial charge is 0.381 e. The van der Waals surface area contributed by atoms with Crippen LogP contribution in [0, 0.1) is 35.5 Å². The number of ether oxygens (including phenoxy) is 2. The highest BCUT2D eigenvalue weighted by Crippen LogP contribution is 2.65. The van der Waals surface area contributed by atoms with E-state index in [9.17, 15) is 17.6 Å². The van der Waals surface area contributed by atoms with Crippen molar-refractivity contribution in [3.8, 4) is 0 Å². The highest BCUT2D eigenvalue weighted by molar-refractivity contribution is 5.20. The Bertz CT molecular complexity index is 386.